The molecular weight excluding hydrogens is 160 g/mol. The molecule has 0 N–H and O–H groups in total. The minimum atomic E-state index is 0.809. The fraction of sp³-hybridized carbons (Fsp3) is 0.750. The van der Waals surface area contributed by atoms with Crippen molar-refractivity contribution in [1.82, 2.24) is 0 Å². The molecule has 0 bridgehead atoms. The minimum absolute atomic E-state index is 0.809. The summed E-state index contributed by atoms with van der Waals surface area (Å²) in [5.41, 5.74) is 0. The number of rotatable bonds is 1. The molecule has 1 heterocycles. The van der Waals surface area contributed by atoms with Crippen molar-refractivity contribution >= 4 is 23.5 Å². The molecule has 1 saturated heterocycles. The van der Waals surface area contributed by atoms with Gasteiger partial charge >= 0.3 is 0 Å². The van der Waals surface area contributed by atoms with Gasteiger partial charge in [0.2, 0.25) is 0 Å². The van der Waals surface area contributed by atoms with Gasteiger partial charge in [-0.3, -0.25) is 0 Å². The third-order valence-electron chi connectivity index (χ3n) is 1.64. The molecule has 2 heteroatoms. The molecule has 0 aromatic rings. The maximum atomic E-state index is 2.27. The summed E-state index contributed by atoms with van der Waals surface area (Å²) in [5, 5.41) is 0.809. The first-order chi connectivity index (χ1) is 4.88. The van der Waals surface area contributed by atoms with Crippen LogP contribution in [-0.2, 0) is 0 Å². The van der Waals surface area contributed by atoms with Gasteiger partial charge in [0.25, 0.3) is 0 Å². The van der Waals surface area contributed by atoms with E-state index >= 15 is 0 Å². The third kappa shape index (κ3) is 1.96. The normalized spacial score (nSPS) is 31.0. The van der Waals surface area contributed by atoms with Crippen molar-refractivity contribution in [3.05, 3.63) is 11.0 Å². The number of thioether (sulfide) groups is 2. The zero-order valence-corrected chi connectivity index (χ0v) is 8.23. The predicted octanol–water partition coefficient (Wildman–Crippen LogP) is 3.15. The smallest absolute Gasteiger partial charge is 0.0351 e. The zero-order valence-electron chi connectivity index (χ0n) is 6.59. The molecule has 1 aliphatic rings. The van der Waals surface area contributed by atoms with Crippen molar-refractivity contribution in [2.45, 2.75) is 25.5 Å². The van der Waals surface area contributed by atoms with Crippen LogP contribution in [0.3, 0.4) is 0 Å². The molecule has 0 nitrogen and oxygen atoms in total. The number of hydrogen-bond acceptors (Lipinski definition) is 2. The Kier molecular flexibility index (Phi) is 3.71. The number of allylic oxidation sites excluding steroid dienone is 1. The highest BCUT2D eigenvalue weighted by atomic mass is 32.2. The van der Waals surface area contributed by atoms with Gasteiger partial charge in [-0.25, -0.2) is 0 Å². The van der Waals surface area contributed by atoms with Crippen molar-refractivity contribution in [2.75, 3.05) is 11.5 Å². The fourth-order valence-corrected chi connectivity index (χ4v) is 3.82. The van der Waals surface area contributed by atoms with E-state index in [0.717, 1.165) is 5.25 Å². The summed E-state index contributed by atoms with van der Waals surface area (Å²) in [6.07, 6.45) is 3.56. The fourth-order valence-electron chi connectivity index (χ4n) is 1.11. The minimum Gasteiger partial charge on any atom is -0.152 e. The van der Waals surface area contributed by atoms with Crippen LogP contribution in [0.5, 0.6) is 0 Å². The molecule has 1 atom stereocenters. The van der Waals surface area contributed by atoms with E-state index in [2.05, 4.69) is 31.7 Å². The molecular formula is C8H14S2. The molecule has 1 rings (SSSR count). The standard InChI is InChI=1S/C8H14S2/c1-3-7-8(4-2)10-6-5-9-7/h3,8H,4-6H2,1-2H3. The van der Waals surface area contributed by atoms with E-state index in [-0.39, 0.29) is 0 Å². The first-order valence-corrected chi connectivity index (χ1v) is 5.82. The highest BCUT2D eigenvalue weighted by Crippen LogP contribution is 2.35. The summed E-state index contributed by atoms with van der Waals surface area (Å²) >= 11 is 4.14. The van der Waals surface area contributed by atoms with Gasteiger partial charge in [-0.2, -0.15) is 11.8 Å². The first-order valence-electron chi connectivity index (χ1n) is 3.79. The van der Waals surface area contributed by atoms with Crippen LogP contribution in [0.1, 0.15) is 20.3 Å². The molecule has 0 amide bonds. The largest absolute Gasteiger partial charge is 0.152 e. The van der Waals surface area contributed by atoms with Crippen molar-refractivity contribution in [3.63, 3.8) is 0 Å². The van der Waals surface area contributed by atoms with Gasteiger partial charge in [0.1, 0.15) is 0 Å². The molecule has 0 radical (unpaired) electrons. The second-order valence-electron chi connectivity index (χ2n) is 2.31. The lowest BCUT2D eigenvalue weighted by Gasteiger charge is -2.22. The van der Waals surface area contributed by atoms with E-state index in [1.54, 1.807) is 4.91 Å². The van der Waals surface area contributed by atoms with E-state index in [4.69, 9.17) is 0 Å². The summed E-state index contributed by atoms with van der Waals surface area (Å²) in [6, 6.07) is 0. The molecule has 1 aliphatic heterocycles. The Labute approximate surface area is 71.8 Å². The Hall–Kier alpha value is 0.440. The third-order valence-corrected chi connectivity index (χ3v) is 4.74. The zero-order chi connectivity index (χ0) is 7.40. The van der Waals surface area contributed by atoms with Gasteiger partial charge in [-0.15, -0.1) is 11.8 Å². The van der Waals surface area contributed by atoms with Crippen LogP contribution in [0.15, 0.2) is 11.0 Å². The van der Waals surface area contributed by atoms with Crippen LogP contribution < -0.4 is 0 Å². The molecule has 0 spiro atoms. The lowest BCUT2D eigenvalue weighted by Crippen LogP contribution is -2.10. The quantitative estimate of drug-likeness (QED) is 0.599. The Morgan fingerprint density at radius 1 is 1.60 bits per heavy atom. The van der Waals surface area contributed by atoms with Crippen molar-refractivity contribution in [2.24, 2.45) is 0 Å². The monoisotopic (exact) mass is 174 g/mol. The average Bonchev–Trinajstić information content (AvgIpc) is 2.04. The summed E-state index contributed by atoms with van der Waals surface area (Å²) in [5.74, 6) is 2.64. The molecule has 1 fully saturated rings. The van der Waals surface area contributed by atoms with Gasteiger partial charge in [-0.05, 0) is 18.2 Å². The second kappa shape index (κ2) is 4.35. The molecule has 1 unspecified atom stereocenters. The Morgan fingerprint density at radius 2 is 2.40 bits per heavy atom. The lowest BCUT2D eigenvalue weighted by molar-refractivity contribution is 0.959. The van der Waals surface area contributed by atoms with Crippen molar-refractivity contribution in [3.8, 4) is 0 Å². The van der Waals surface area contributed by atoms with E-state index in [9.17, 15) is 0 Å². The molecule has 0 aromatic heterocycles. The van der Waals surface area contributed by atoms with Crippen LogP contribution in [0.4, 0.5) is 0 Å². The Morgan fingerprint density at radius 3 is 2.90 bits per heavy atom. The molecule has 0 aromatic carbocycles. The van der Waals surface area contributed by atoms with E-state index in [1.165, 1.54) is 17.9 Å². The summed E-state index contributed by atoms with van der Waals surface area (Å²) in [6.45, 7) is 4.42. The maximum Gasteiger partial charge on any atom is 0.0351 e. The molecule has 0 saturated carbocycles. The average molecular weight is 174 g/mol. The topological polar surface area (TPSA) is 0 Å². The summed E-state index contributed by atoms with van der Waals surface area (Å²) < 4.78 is 0. The Balaban J connectivity index is 2.50. The maximum absolute atomic E-state index is 2.27. The highest BCUT2D eigenvalue weighted by Gasteiger charge is 2.16. The van der Waals surface area contributed by atoms with Crippen LogP contribution in [-0.4, -0.2) is 16.8 Å². The van der Waals surface area contributed by atoms with Gasteiger partial charge < -0.3 is 0 Å². The van der Waals surface area contributed by atoms with Gasteiger partial charge in [0.05, 0.1) is 0 Å². The van der Waals surface area contributed by atoms with Crippen molar-refractivity contribution < 1.29 is 0 Å². The molecule has 10 heavy (non-hydrogen) atoms. The molecule has 0 aliphatic carbocycles. The van der Waals surface area contributed by atoms with Crippen LogP contribution in [0, 0.1) is 0 Å². The summed E-state index contributed by atoms with van der Waals surface area (Å²) in [7, 11) is 0. The number of hydrogen-bond donors (Lipinski definition) is 0. The van der Waals surface area contributed by atoms with Crippen LogP contribution in [0.2, 0.25) is 0 Å². The van der Waals surface area contributed by atoms with Gasteiger partial charge in [-0.1, -0.05) is 13.0 Å². The van der Waals surface area contributed by atoms with E-state index in [1.807, 2.05) is 11.8 Å². The van der Waals surface area contributed by atoms with Gasteiger partial charge in [0.15, 0.2) is 0 Å². The SMILES string of the molecule is CC=C1SCCSC1CC. The van der Waals surface area contributed by atoms with Gasteiger partial charge in [0, 0.05) is 16.8 Å². The Bertz CT molecular complexity index is 129. The van der Waals surface area contributed by atoms with Crippen LogP contribution in [0.25, 0.3) is 0 Å². The highest BCUT2D eigenvalue weighted by molar-refractivity contribution is 8.09. The van der Waals surface area contributed by atoms with E-state index < -0.39 is 0 Å². The molecule has 58 valence electrons. The lowest BCUT2D eigenvalue weighted by atomic mass is 10.3. The summed E-state index contributed by atoms with van der Waals surface area (Å²) in [4.78, 5) is 1.60. The van der Waals surface area contributed by atoms with Crippen LogP contribution >= 0.6 is 23.5 Å². The van der Waals surface area contributed by atoms with Crippen molar-refractivity contribution in [1.29, 1.82) is 0 Å². The second-order valence-corrected chi connectivity index (χ2v) is 4.79. The van der Waals surface area contributed by atoms with E-state index in [0.29, 0.717) is 0 Å². The first kappa shape index (κ1) is 8.54. The predicted molar refractivity (Wildman–Crippen MR) is 52.8 cm³/mol.